The second-order valence-electron chi connectivity index (χ2n) is 5.42. The summed E-state index contributed by atoms with van der Waals surface area (Å²) >= 11 is 0. The molecule has 1 aliphatic carbocycles. The molecule has 0 spiro atoms. The minimum Gasteiger partial charge on any atom is -0.493 e. The van der Waals surface area contributed by atoms with Gasteiger partial charge in [0.25, 0.3) is 5.91 Å². The zero-order valence-corrected chi connectivity index (χ0v) is 12.8. The maximum Gasteiger partial charge on any atom is 0.325 e. The Labute approximate surface area is 129 Å². The largest absolute Gasteiger partial charge is 0.493 e. The van der Waals surface area contributed by atoms with E-state index in [1.165, 1.54) is 6.92 Å². The van der Waals surface area contributed by atoms with Crippen molar-refractivity contribution in [1.29, 1.82) is 0 Å². The molecule has 0 heterocycles. The molecule has 22 heavy (non-hydrogen) atoms. The minimum absolute atomic E-state index is 0.144. The van der Waals surface area contributed by atoms with E-state index in [9.17, 15) is 9.59 Å². The number of hydrogen-bond acceptors (Lipinski definition) is 4. The molecule has 1 saturated carbocycles. The molecular formula is C16H21NO5. The van der Waals surface area contributed by atoms with E-state index < -0.39 is 17.9 Å². The molecule has 1 atom stereocenters. The van der Waals surface area contributed by atoms with Gasteiger partial charge in [-0.3, -0.25) is 9.59 Å². The summed E-state index contributed by atoms with van der Waals surface area (Å²) in [7, 11) is 1.54. The van der Waals surface area contributed by atoms with Crippen molar-refractivity contribution in [1.82, 2.24) is 5.32 Å². The summed E-state index contributed by atoms with van der Waals surface area (Å²) in [4.78, 5) is 22.9. The first-order valence-corrected chi connectivity index (χ1v) is 7.39. The Morgan fingerprint density at radius 2 is 1.95 bits per heavy atom. The summed E-state index contributed by atoms with van der Waals surface area (Å²) in [6, 6.07) is 3.89. The second kappa shape index (κ2) is 7.15. The Balaban J connectivity index is 2.14. The number of carboxylic acid groups (broad SMARTS) is 1. The lowest BCUT2D eigenvalue weighted by Gasteiger charge is -2.17. The highest BCUT2D eigenvalue weighted by Gasteiger charge is 2.20. The van der Waals surface area contributed by atoms with Gasteiger partial charge in [-0.05, 0) is 50.8 Å². The second-order valence-corrected chi connectivity index (χ2v) is 5.42. The predicted octanol–water partition coefficient (Wildman–Crippen LogP) is 2.22. The maximum atomic E-state index is 12.1. The van der Waals surface area contributed by atoms with Gasteiger partial charge in [-0.1, -0.05) is 0 Å². The van der Waals surface area contributed by atoms with Gasteiger partial charge in [-0.2, -0.15) is 0 Å². The van der Waals surface area contributed by atoms with Gasteiger partial charge in [-0.15, -0.1) is 0 Å². The summed E-state index contributed by atoms with van der Waals surface area (Å²) in [5.41, 5.74) is 0.349. The van der Waals surface area contributed by atoms with Gasteiger partial charge >= 0.3 is 5.97 Å². The Kier molecular flexibility index (Phi) is 5.25. The highest BCUT2D eigenvalue weighted by molar-refractivity contribution is 5.97. The van der Waals surface area contributed by atoms with E-state index in [0.717, 1.165) is 25.7 Å². The van der Waals surface area contributed by atoms with Crippen molar-refractivity contribution in [2.24, 2.45) is 0 Å². The van der Waals surface area contributed by atoms with Gasteiger partial charge in [0.15, 0.2) is 11.5 Å². The van der Waals surface area contributed by atoms with Crippen LogP contribution in [0.4, 0.5) is 0 Å². The average Bonchev–Trinajstić information content (AvgIpc) is 2.99. The number of hydrogen-bond donors (Lipinski definition) is 2. The molecule has 1 fully saturated rings. The molecule has 1 aromatic rings. The van der Waals surface area contributed by atoms with E-state index >= 15 is 0 Å². The van der Waals surface area contributed by atoms with Crippen molar-refractivity contribution < 1.29 is 24.2 Å². The molecule has 0 bridgehead atoms. The van der Waals surface area contributed by atoms with Crippen LogP contribution in [0.25, 0.3) is 0 Å². The molecule has 2 N–H and O–H groups in total. The monoisotopic (exact) mass is 307 g/mol. The van der Waals surface area contributed by atoms with Crippen LogP contribution in [-0.4, -0.2) is 36.2 Å². The van der Waals surface area contributed by atoms with Crippen LogP contribution in [0.1, 0.15) is 43.0 Å². The number of carbonyl (C=O) groups excluding carboxylic acids is 1. The number of aliphatic carboxylic acids is 1. The lowest BCUT2D eigenvalue weighted by Crippen LogP contribution is -2.38. The smallest absolute Gasteiger partial charge is 0.325 e. The third-order valence-corrected chi connectivity index (χ3v) is 3.74. The van der Waals surface area contributed by atoms with E-state index in [1.54, 1.807) is 25.3 Å². The minimum atomic E-state index is -1.08. The number of amides is 1. The van der Waals surface area contributed by atoms with Crippen molar-refractivity contribution in [3.05, 3.63) is 23.8 Å². The van der Waals surface area contributed by atoms with Crippen molar-refractivity contribution in [2.75, 3.05) is 7.11 Å². The van der Waals surface area contributed by atoms with Crippen molar-refractivity contribution in [2.45, 2.75) is 44.8 Å². The Bertz CT molecular complexity index is 551. The maximum absolute atomic E-state index is 12.1. The molecular weight excluding hydrogens is 286 g/mol. The first-order chi connectivity index (χ1) is 10.5. The Hall–Kier alpha value is -2.24. The van der Waals surface area contributed by atoms with Gasteiger partial charge < -0.3 is 19.9 Å². The molecule has 1 aromatic carbocycles. The number of benzene rings is 1. The molecule has 6 nitrogen and oxygen atoms in total. The van der Waals surface area contributed by atoms with Crippen LogP contribution in [0.5, 0.6) is 11.5 Å². The van der Waals surface area contributed by atoms with E-state index in [4.69, 9.17) is 14.6 Å². The quantitative estimate of drug-likeness (QED) is 0.841. The summed E-state index contributed by atoms with van der Waals surface area (Å²) < 4.78 is 11.2. The predicted molar refractivity (Wildman–Crippen MR) is 80.4 cm³/mol. The standard InChI is InChI=1S/C16H21NO5/c1-10(16(19)20)17-15(18)11-7-8-13(21-2)14(9-11)22-12-5-3-4-6-12/h7-10,12H,3-6H2,1-2H3,(H,17,18)(H,19,20)/t10-/m0/s1. The summed E-state index contributed by atoms with van der Waals surface area (Å²) in [5.74, 6) is -0.446. The van der Waals surface area contributed by atoms with Gasteiger partial charge in [0.05, 0.1) is 13.2 Å². The van der Waals surface area contributed by atoms with E-state index in [0.29, 0.717) is 17.1 Å². The van der Waals surface area contributed by atoms with Crippen LogP contribution in [-0.2, 0) is 4.79 Å². The third-order valence-electron chi connectivity index (χ3n) is 3.74. The van der Waals surface area contributed by atoms with Crippen molar-refractivity contribution >= 4 is 11.9 Å². The molecule has 0 aliphatic heterocycles. The van der Waals surface area contributed by atoms with E-state index in [1.807, 2.05) is 0 Å². The molecule has 1 amide bonds. The summed E-state index contributed by atoms with van der Waals surface area (Å²) in [5, 5.41) is 11.3. The van der Waals surface area contributed by atoms with Gasteiger partial charge in [0.1, 0.15) is 6.04 Å². The van der Waals surface area contributed by atoms with E-state index in [-0.39, 0.29) is 6.10 Å². The highest BCUT2D eigenvalue weighted by Crippen LogP contribution is 2.32. The number of methoxy groups -OCH3 is 1. The first-order valence-electron chi connectivity index (χ1n) is 7.39. The van der Waals surface area contributed by atoms with Crippen LogP contribution < -0.4 is 14.8 Å². The number of carboxylic acids is 1. The number of rotatable bonds is 6. The molecule has 0 unspecified atom stereocenters. The zero-order chi connectivity index (χ0) is 16.1. The number of nitrogens with one attached hydrogen (secondary N) is 1. The summed E-state index contributed by atoms with van der Waals surface area (Å²) in [6.07, 6.45) is 4.42. The van der Waals surface area contributed by atoms with Gasteiger partial charge in [0.2, 0.25) is 0 Å². The van der Waals surface area contributed by atoms with Crippen LogP contribution in [0, 0.1) is 0 Å². The molecule has 0 aromatic heterocycles. The van der Waals surface area contributed by atoms with E-state index in [2.05, 4.69) is 5.32 Å². The highest BCUT2D eigenvalue weighted by atomic mass is 16.5. The lowest BCUT2D eigenvalue weighted by molar-refractivity contribution is -0.138. The molecule has 2 rings (SSSR count). The fraction of sp³-hybridized carbons (Fsp3) is 0.500. The van der Waals surface area contributed by atoms with Crippen LogP contribution in [0.3, 0.4) is 0 Å². The van der Waals surface area contributed by atoms with Crippen LogP contribution in [0.2, 0.25) is 0 Å². The lowest BCUT2D eigenvalue weighted by atomic mass is 10.1. The first kappa shape index (κ1) is 16.1. The normalized spacial score (nSPS) is 16.1. The van der Waals surface area contributed by atoms with Crippen LogP contribution in [0.15, 0.2) is 18.2 Å². The number of ether oxygens (including phenoxy) is 2. The fourth-order valence-corrected chi connectivity index (χ4v) is 2.44. The fourth-order valence-electron chi connectivity index (χ4n) is 2.44. The zero-order valence-electron chi connectivity index (χ0n) is 12.8. The molecule has 1 aliphatic rings. The SMILES string of the molecule is COc1ccc(C(=O)N[C@@H](C)C(=O)O)cc1OC1CCCC1. The molecule has 0 radical (unpaired) electrons. The van der Waals surface area contributed by atoms with Crippen LogP contribution >= 0.6 is 0 Å². The Morgan fingerprint density at radius 1 is 1.27 bits per heavy atom. The average molecular weight is 307 g/mol. The molecule has 0 saturated heterocycles. The summed E-state index contributed by atoms with van der Waals surface area (Å²) in [6.45, 7) is 1.42. The molecule has 6 heteroatoms. The number of carbonyl (C=O) groups is 2. The molecule has 120 valence electrons. The van der Waals surface area contributed by atoms with Crippen molar-refractivity contribution in [3.63, 3.8) is 0 Å². The third kappa shape index (κ3) is 3.90. The topological polar surface area (TPSA) is 84.9 Å². The van der Waals surface area contributed by atoms with Gasteiger partial charge in [0, 0.05) is 5.56 Å². The van der Waals surface area contributed by atoms with Gasteiger partial charge in [-0.25, -0.2) is 0 Å². The van der Waals surface area contributed by atoms with Crippen molar-refractivity contribution in [3.8, 4) is 11.5 Å². The Morgan fingerprint density at radius 3 is 2.55 bits per heavy atom.